The second-order valence-electron chi connectivity index (χ2n) is 4.30. The van der Waals surface area contributed by atoms with Crippen LogP contribution in [0.3, 0.4) is 0 Å². The van der Waals surface area contributed by atoms with E-state index < -0.39 is 6.10 Å². The molecular weight excluding hydrogens is 244 g/mol. The predicted octanol–water partition coefficient (Wildman–Crippen LogP) is 2.56. The van der Waals surface area contributed by atoms with E-state index in [1.165, 1.54) is 0 Å². The molecule has 0 fully saturated rings. The molecule has 1 aliphatic rings. The van der Waals surface area contributed by atoms with Crippen LogP contribution in [0.1, 0.15) is 24.5 Å². The van der Waals surface area contributed by atoms with Crippen molar-refractivity contribution < 1.29 is 19.0 Å². The van der Waals surface area contributed by atoms with Crippen LogP contribution in [0.5, 0.6) is 5.75 Å². The summed E-state index contributed by atoms with van der Waals surface area (Å²) < 4.78 is 15.6. The number of carbonyl (C=O) groups is 1. The van der Waals surface area contributed by atoms with Gasteiger partial charge in [-0.3, -0.25) is 0 Å². The summed E-state index contributed by atoms with van der Waals surface area (Å²) in [6.45, 7) is 2.17. The molecule has 1 atom stereocenters. The normalized spacial score (nSPS) is 17.7. The van der Waals surface area contributed by atoms with Crippen molar-refractivity contribution in [3.63, 3.8) is 0 Å². The number of rotatable bonds is 4. The Balaban J connectivity index is 2.13. The topological polar surface area (TPSA) is 44.8 Å². The molecule has 4 heteroatoms. The molecule has 1 aliphatic heterocycles. The van der Waals surface area contributed by atoms with Crippen molar-refractivity contribution >= 4 is 12.0 Å². The van der Waals surface area contributed by atoms with E-state index in [0.717, 1.165) is 23.3 Å². The second kappa shape index (κ2) is 6.27. The molecule has 0 radical (unpaired) electrons. The fraction of sp³-hybridized carbons (Fsp3) is 0.400. The van der Waals surface area contributed by atoms with E-state index in [1.54, 1.807) is 20.3 Å². The van der Waals surface area contributed by atoms with Gasteiger partial charge >= 0.3 is 5.97 Å². The van der Waals surface area contributed by atoms with Crippen LogP contribution < -0.4 is 4.74 Å². The first-order chi connectivity index (χ1) is 9.24. The minimum absolute atomic E-state index is 0.286. The molecule has 19 heavy (non-hydrogen) atoms. The summed E-state index contributed by atoms with van der Waals surface area (Å²) >= 11 is 0. The summed E-state index contributed by atoms with van der Waals surface area (Å²) in [6, 6.07) is 5.94. The molecule has 0 saturated carbocycles. The highest BCUT2D eigenvalue weighted by Gasteiger charge is 2.27. The molecule has 1 aromatic carbocycles. The number of hydrogen-bond donors (Lipinski definition) is 0. The lowest BCUT2D eigenvalue weighted by atomic mass is 10.0. The van der Waals surface area contributed by atoms with Crippen molar-refractivity contribution in [2.75, 3.05) is 13.7 Å². The first-order valence-corrected chi connectivity index (χ1v) is 6.40. The lowest BCUT2D eigenvalue weighted by Crippen LogP contribution is -2.32. The van der Waals surface area contributed by atoms with E-state index in [2.05, 4.69) is 0 Å². The average Bonchev–Trinajstić information content (AvgIpc) is 2.44. The smallest absolute Gasteiger partial charge is 0.347 e. The molecule has 0 amide bonds. The van der Waals surface area contributed by atoms with Crippen LogP contribution in [-0.2, 0) is 20.7 Å². The molecule has 0 aliphatic carbocycles. The Hall–Kier alpha value is -1.97. The van der Waals surface area contributed by atoms with E-state index in [1.807, 2.05) is 24.3 Å². The van der Waals surface area contributed by atoms with Crippen molar-refractivity contribution in [3.05, 3.63) is 35.6 Å². The number of carbonyl (C=O) groups excluding carboxylic acids is 1. The lowest BCUT2D eigenvalue weighted by Gasteiger charge is -2.24. The molecule has 1 heterocycles. The summed E-state index contributed by atoms with van der Waals surface area (Å²) in [5, 5.41) is 0. The van der Waals surface area contributed by atoms with Crippen molar-refractivity contribution in [2.24, 2.45) is 0 Å². The maximum atomic E-state index is 11.7. The Labute approximate surface area is 113 Å². The zero-order valence-corrected chi connectivity index (χ0v) is 11.2. The number of esters is 1. The van der Waals surface area contributed by atoms with Crippen molar-refractivity contribution in [1.82, 2.24) is 0 Å². The van der Waals surface area contributed by atoms with Crippen LogP contribution in [-0.4, -0.2) is 25.8 Å². The molecule has 0 bridgehead atoms. The molecule has 0 N–H and O–H groups in total. The fourth-order valence-electron chi connectivity index (χ4n) is 2.04. The Morgan fingerprint density at radius 2 is 2.37 bits per heavy atom. The highest BCUT2D eigenvalue weighted by molar-refractivity contribution is 5.75. The van der Waals surface area contributed by atoms with Gasteiger partial charge in [0, 0.05) is 0 Å². The minimum Gasteiger partial charge on any atom is -0.504 e. The quantitative estimate of drug-likeness (QED) is 0.618. The van der Waals surface area contributed by atoms with Gasteiger partial charge in [-0.2, -0.15) is 0 Å². The molecule has 102 valence electrons. The summed E-state index contributed by atoms with van der Waals surface area (Å²) in [5.41, 5.74) is 2.10. The SMILES string of the molecule is CCOC(=O)C1CCc2ccc(/C=C/OC)cc2O1. The van der Waals surface area contributed by atoms with Gasteiger partial charge in [0.25, 0.3) is 0 Å². The summed E-state index contributed by atoms with van der Waals surface area (Å²) in [6.07, 6.45) is 4.45. The van der Waals surface area contributed by atoms with Crippen molar-refractivity contribution in [2.45, 2.75) is 25.9 Å². The first kappa shape index (κ1) is 13.5. The lowest BCUT2D eigenvalue weighted by molar-refractivity contribution is -0.152. The van der Waals surface area contributed by atoms with Gasteiger partial charge in [0.15, 0.2) is 6.10 Å². The molecule has 1 unspecified atom stereocenters. The van der Waals surface area contributed by atoms with E-state index in [-0.39, 0.29) is 5.97 Å². The van der Waals surface area contributed by atoms with Crippen LogP contribution in [0.4, 0.5) is 0 Å². The number of ether oxygens (including phenoxy) is 3. The summed E-state index contributed by atoms with van der Waals surface area (Å²) in [7, 11) is 1.60. The van der Waals surface area contributed by atoms with Crippen LogP contribution >= 0.6 is 0 Å². The monoisotopic (exact) mass is 262 g/mol. The second-order valence-corrected chi connectivity index (χ2v) is 4.30. The highest BCUT2D eigenvalue weighted by atomic mass is 16.6. The van der Waals surface area contributed by atoms with Gasteiger partial charge in [0.2, 0.25) is 0 Å². The molecular formula is C15H18O4. The van der Waals surface area contributed by atoms with Crippen molar-refractivity contribution in [3.8, 4) is 5.75 Å². The van der Waals surface area contributed by atoms with E-state index in [0.29, 0.717) is 13.0 Å². The largest absolute Gasteiger partial charge is 0.504 e. The third kappa shape index (κ3) is 3.28. The van der Waals surface area contributed by atoms with Crippen LogP contribution in [0, 0.1) is 0 Å². The number of fused-ring (bicyclic) bond motifs is 1. The van der Waals surface area contributed by atoms with Gasteiger partial charge in [0.1, 0.15) is 5.75 Å². The van der Waals surface area contributed by atoms with Crippen LogP contribution in [0.25, 0.3) is 6.08 Å². The Kier molecular flexibility index (Phi) is 4.44. The first-order valence-electron chi connectivity index (χ1n) is 6.40. The van der Waals surface area contributed by atoms with Crippen LogP contribution in [0.2, 0.25) is 0 Å². The zero-order chi connectivity index (χ0) is 13.7. The molecule has 0 saturated heterocycles. The third-order valence-corrected chi connectivity index (χ3v) is 2.98. The third-order valence-electron chi connectivity index (χ3n) is 2.98. The fourth-order valence-corrected chi connectivity index (χ4v) is 2.04. The average molecular weight is 262 g/mol. The van der Waals surface area contributed by atoms with Gasteiger partial charge < -0.3 is 14.2 Å². The van der Waals surface area contributed by atoms with Gasteiger partial charge in [0.05, 0.1) is 20.0 Å². The maximum absolute atomic E-state index is 11.7. The Morgan fingerprint density at radius 1 is 1.53 bits per heavy atom. The molecule has 2 rings (SSSR count). The number of methoxy groups -OCH3 is 1. The highest BCUT2D eigenvalue weighted by Crippen LogP contribution is 2.29. The van der Waals surface area contributed by atoms with E-state index in [4.69, 9.17) is 14.2 Å². The Bertz CT molecular complexity index is 479. The molecule has 0 aromatic heterocycles. The zero-order valence-electron chi connectivity index (χ0n) is 11.2. The maximum Gasteiger partial charge on any atom is 0.347 e. The van der Waals surface area contributed by atoms with E-state index >= 15 is 0 Å². The van der Waals surface area contributed by atoms with Gasteiger partial charge in [-0.25, -0.2) is 4.79 Å². The summed E-state index contributed by atoms with van der Waals surface area (Å²) in [4.78, 5) is 11.7. The van der Waals surface area contributed by atoms with Gasteiger partial charge in [-0.15, -0.1) is 0 Å². The predicted molar refractivity (Wildman–Crippen MR) is 71.9 cm³/mol. The standard InChI is InChI=1S/C15H18O4/c1-3-18-15(16)13-7-6-12-5-4-11(8-9-17-2)10-14(12)19-13/h4-5,8-10,13H,3,6-7H2,1-2H3/b9-8+. The van der Waals surface area contributed by atoms with Gasteiger partial charge in [-0.1, -0.05) is 12.1 Å². The molecule has 1 aromatic rings. The molecule has 0 spiro atoms. The number of hydrogen-bond acceptors (Lipinski definition) is 4. The number of aryl methyl sites for hydroxylation is 1. The number of benzene rings is 1. The Morgan fingerprint density at radius 3 is 3.11 bits per heavy atom. The molecule has 4 nitrogen and oxygen atoms in total. The van der Waals surface area contributed by atoms with Gasteiger partial charge in [-0.05, 0) is 43.0 Å². The van der Waals surface area contributed by atoms with Crippen molar-refractivity contribution in [1.29, 1.82) is 0 Å². The van der Waals surface area contributed by atoms with E-state index in [9.17, 15) is 4.79 Å². The van der Waals surface area contributed by atoms with Crippen LogP contribution in [0.15, 0.2) is 24.5 Å². The minimum atomic E-state index is -0.492. The summed E-state index contributed by atoms with van der Waals surface area (Å²) in [5.74, 6) is 0.466.